The maximum absolute atomic E-state index is 12.5. The summed E-state index contributed by atoms with van der Waals surface area (Å²) < 4.78 is 0. The molecule has 4 atom stereocenters. The fraction of sp³-hybridized carbons (Fsp3) is 0.750. The Morgan fingerprint density at radius 1 is 1.00 bits per heavy atom. The summed E-state index contributed by atoms with van der Waals surface area (Å²) >= 11 is 1.45. The largest absolute Gasteiger partial charge is 0.480 e. The van der Waals surface area contributed by atoms with Crippen LogP contribution in [0.4, 0.5) is 0 Å². The van der Waals surface area contributed by atoms with Crippen molar-refractivity contribution in [1.29, 1.82) is 0 Å². The van der Waals surface area contributed by atoms with Gasteiger partial charge in [0.1, 0.15) is 18.1 Å². The lowest BCUT2D eigenvalue weighted by atomic mass is 10.0. The Balaban J connectivity index is 5.18. The van der Waals surface area contributed by atoms with Crippen molar-refractivity contribution in [2.45, 2.75) is 51.4 Å². The number of aliphatic carboxylic acids is 1. The third-order valence-electron chi connectivity index (χ3n) is 3.74. The van der Waals surface area contributed by atoms with Gasteiger partial charge in [-0.05, 0) is 31.3 Å². The van der Waals surface area contributed by atoms with Gasteiger partial charge in [0.25, 0.3) is 0 Å². The van der Waals surface area contributed by atoms with Gasteiger partial charge in [-0.1, -0.05) is 13.8 Å². The Kier molecular flexibility index (Phi) is 11.7. The van der Waals surface area contributed by atoms with E-state index in [9.17, 15) is 29.4 Å². The average Bonchev–Trinajstić information content (AvgIpc) is 2.59. The first-order chi connectivity index (χ1) is 12.5. The number of carbonyl (C=O) groups excluding carboxylic acids is 3. The zero-order valence-electron chi connectivity index (χ0n) is 16.0. The van der Waals surface area contributed by atoms with Gasteiger partial charge in [0.05, 0.1) is 12.6 Å². The zero-order valence-corrected chi connectivity index (χ0v) is 16.8. The number of amides is 3. The van der Waals surface area contributed by atoms with Crippen molar-refractivity contribution in [3.05, 3.63) is 0 Å². The number of rotatable bonds is 12. The molecule has 0 aromatic heterocycles. The van der Waals surface area contributed by atoms with E-state index in [1.807, 2.05) is 6.26 Å². The number of nitrogens with one attached hydrogen (secondary N) is 3. The predicted molar refractivity (Wildman–Crippen MR) is 102 cm³/mol. The summed E-state index contributed by atoms with van der Waals surface area (Å²) in [5, 5.41) is 26.1. The van der Waals surface area contributed by atoms with Gasteiger partial charge in [-0.3, -0.25) is 14.4 Å². The number of aliphatic hydroxyl groups is 1. The number of carboxylic acids is 1. The summed E-state index contributed by atoms with van der Waals surface area (Å²) in [5.41, 5.74) is 5.19. The molecular formula is C16H30N4O6S. The second-order valence-corrected chi connectivity index (χ2v) is 7.39. The summed E-state index contributed by atoms with van der Waals surface area (Å²) in [6, 6.07) is -3.40. The molecule has 11 heteroatoms. The van der Waals surface area contributed by atoms with Gasteiger partial charge in [-0.25, -0.2) is 4.79 Å². The standard InChI is InChI=1S/C16H30N4O6S/c1-8(2)12(14(23)18-10(16(25)26)5-6-27-4)20-15(24)13(9(3)21)19-11(22)7-17/h8-10,12-13,21H,5-7,17H2,1-4H3,(H,18,23)(H,19,22)(H,20,24)(H,25,26). The molecule has 0 rings (SSSR count). The van der Waals surface area contributed by atoms with Crippen molar-refractivity contribution in [3.63, 3.8) is 0 Å². The van der Waals surface area contributed by atoms with E-state index in [-0.39, 0.29) is 18.9 Å². The van der Waals surface area contributed by atoms with E-state index in [0.717, 1.165) is 0 Å². The summed E-state index contributed by atoms with van der Waals surface area (Å²) in [7, 11) is 0. The molecule has 0 aromatic rings. The molecule has 27 heavy (non-hydrogen) atoms. The van der Waals surface area contributed by atoms with Crippen LogP contribution in [0.2, 0.25) is 0 Å². The highest BCUT2D eigenvalue weighted by Crippen LogP contribution is 2.07. The highest BCUT2D eigenvalue weighted by Gasteiger charge is 2.32. The van der Waals surface area contributed by atoms with Crippen LogP contribution in [0.1, 0.15) is 27.2 Å². The molecule has 0 radical (unpaired) electrons. The molecule has 0 aromatic carbocycles. The fourth-order valence-corrected chi connectivity index (χ4v) is 2.64. The molecule has 3 amide bonds. The number of carbonyl (C=O) groups is 4. The summed E-state index contributed by atoms with van der Waals surface area (Å²) in [5.74, 6) is -3.03. The summed E-state index contributed by atoms with van der Waals surface area (Å²) in [6.07, 6.45) is 0.845. The van der Waals surface area contributed by atoms with Crippen LogP contribution in [0.5, 0.6) is 0 Å². The number of thioether (sulfide) groups is 1. The zero-order chi connectivity index (χ0) is 21.1. The van der Waals surface area contributed by atoms with Crippen LogP contribution in [-0.2, 0) is 19.2 Å². The maximum Gasteiger partial charge on any atom is 0.326 e. The fourth-order valence-electron chi connectivity index (χ4n) is 2.17. The van der Waals surface area contributed by atoms with Gasteiger partial charge in [0, 0.05) is 0 Å². The lowest BCUT2D eigenvalue weighted by Gasteiger charge is -2.27. The Hall–Kier alpha value is -1.85. The van der Waals surface area contributed by atoms with E-state index >= 15 is 0 Å². The minimum Gasteiger partial charge on any atom is -0.480 e. The van der Waals surface area contributed by atoms with Crippen LogP contribution < -0.4 is 21.7 Å². The van der Waals surface area contributed by atoms with Crippen LogP contribution in [0, 0.1) is 5.92 Å². The average molecular weight is 407 g/mol. The minimum absolute atomic E-state index is 0.240. The van der Waals surface area contributed by atoms with E-state index < -0.39 is 47.9 Å². The van der Waals surface area contributed by atoms with Crippen molar-refractivity contribution in [2.75, 3.05) is 18.6 Å². The molecule has 0 aliphatic heterocycles. The number of carboxylic acid groups (broad SMARTS) is 1. The lowest BCUT2D eigenvalue weighted by Crippen LogP contribution is -2.60. The third kappa shape index (κ3) is 9.07. The molecule has 0 aliphatic rings. The van der Waals surface area contributed by atoms with Crippen LogP contribution in [0.15, 0.2) is 0 Å². The Bertz CT molecular complexity index is 529. The van der Waals surface area contributed by atoms with Crippen LogP contribution in [-0.4, -0.2) is 76.7 Å². The second-order valence-electron chi connectivity index (χ2n) is 6.40. The van der Waals surface area contributed by atoms with Crippen molar-refractivity contribution in [1.82, 2.24) is 16.0 Å². The molecule has 0 spiro atoms. The van der Waals surface area contributed by atoms with Gasteiger partial charge >= 0.3 is 5.97 Å². The first kappa shape index (κ1) is 25.1. The molecule has 0 saturated carbocycles. The smallest absolute Gasteiger partial charge is 0.326 e. The highest BCUT2D eigenvalue weighted by molar-refractivity contribution is 7.98. The molecule has 4 unspecified atom stereocenters. The maximum atomic E-state index is 12.5. The van der Waals surface area contributed by atoms with Crippen LogP contribution in [0.3, 0.4) is 0 Å². The molecule has 156 valence electrons. The van der Waals surface area contributed by atoms with Crippen molar-refractivity contribution >= 4 is 35.5 Å². The monoisotopic (exact) mass is 406 g/mol. The van der Waals surface area contributed by atoms with E-state index in [4.69, 9.17) is 5.73 Å². The summed E-state index contributed by atoms with van der Waals surface area (Å²) in [4.78, 5) is 47.7. The van der Waals surface area contributed by atoms with Crippen LogP contribution >= 0.6 is 11.8 Å². The first-order valence-corrected chi connectivity index (χ1v) is 9.94. The first-order valence-electron chi connectivity index (χ1n) is 8.55. The molecule has 0 bridgehead atoms. The third-order valence-corrected chi connectivity index (χ3v) is 4.38. The number of hydrogen-bond acceptors (Lipinski definition) is 7. The minimum atomic E-state index is -1.29. The lowest BCUT2D eigenvalue weighted by molar-refractivity contribution is -0.142. The Morgan fingerprint density at radius 3 is 1.96 bits per heavy atom. The molecule has 0 heterocycles. The number of aliphatic hydroxyl groups excluding tert-OH is 1. The normalized spacial score (nSPS) is 15.4. The second kappa shape index (κ2) is 12.5. The van der Waals surface area contributed by atoms with Crippen molar-refractivity contribution in [2.24, 2.45) is 11.7 Å². The summed E-state index contributed by atoms with van der Waals surface area (Å²) in [6.45, 7) is 4.31. The molecule has 0 fully saturated rings. The molecule has 0 aliphatic carbocycles. The number of nitrogens with two attached hydrogens (primary N) is 1. The topological polar surface area (TPSA) is 171 Å². The van der Waals surface area contributed by atoms with E-state index in [0.29, 0.717) is 5.75 Å². The van der Waals surface area contributed by atoms with E-state index in [1.54, 1.807) is 13.8 Å². The van der Waals surface area contributed by atoms with Gasteiger partial charge < -0.3 is 31.9 Å². The van der Waals surface area contributed by atoms with Gasteiger partial charge in [0.2, 0.25) is 17.7 Å². The van der Waals surface area contributed by atoms with Gasteiger partial charge in [-0.15, -0.1) is 0 Å². The quantitative estimate of drug-likeness (QED) is 0.222. The van der Waals surface area contributed by atoms with Crippen LogP contribution in [0.25, 0.3) is 0 Å². The Morgan fingerprint density at radius 2 is 1.56 bits per heavy atom. The van der Waals surface area contributed by atoms with E-state index in [1.165, 1.54) is 18.7 Å². The van der Waals surface area contributed by atoms with E-state index in [2.05, 4.69) is 16.0 Å². The molecular weight excluding hydrogens is 376 g/mol. The van der Waals surface area contributed by atoms with Gasteiger partial charge in [0.15, 0.2) is 0 Å². The SMILES string of the molecule is CSCCC(NC(=O)C(NC(=O)C(NC(=O)CN)C(C)O)C(C)C)C(=O)O. The molecule has 7 N–H and O–H groups in total. The van der Waals surface area contributed by atoms with Gasteiger partial charge in [-0.2, -0.15) is 11.8 Å². The predicted octanol–water partition coefficient (Wildman–Crippen LogP) is -1.73. The van der Waals surface area contributed by atoms with Crippen molar-refractivity contribution in [3.8, 4) is 0 Å². The van der Waals surface area contributed by atoms with Crippen molar-refractivity contribution < 1.29 is 29.4 Å². The Labute approximate surface area is 163 Å². The highest BCUT2D eigenvalue weighted by atomic mass is 32.2. The molecule has 10 nitrogen and oxygen atoms in total. The molecule has 0 saturated heterocycles. The number of hydrogen-bond donors (Lipinski definition) is 6.